The summed E-state index contributed by atoms with van der Waals surface area (Å²) in [6.45, 7) is 0. The third kappa shape index (κ3) is 3.57. The second kappa shape index (κ2) is 6.62. The number of thioether (sulfide) groups is 1. The maximum Gasteiger partial charge on any atom is 0.280 e. The smallest absolute Gasteiger partial charge is 0.272 e. The first-order valence-electron chi connectivity index (χ1n) is 6.78. The van der Waals surface area contributed by atoms with Crippen LogP contribution in [0.5, 0.6) is 0 Å². The van der Waals surface area contributed by atoms with Gasteiger partial charge in [0, 0.05) is 4.90 Å². The zero-order chi connectivity index (χ0) is 16.2. The van der Waals surface area contributed by atoms with Crippen molar-refractivity contribution in [1.82, 2.24) is 9.66 Å². The van der Waals surface area contributed by atoms with Gasteiger partial charge >= 0.3 is 0 Å². The minimum atomic E-state index is -0.349. The first-order valence-corrected chi connectivity index (χ1v) is 7.77. The Balaban J connectivity index is 1.69. The zero-order valence-electron chi connectivity index (χ0n) is 11.9. The fraction of sp³-hybridized carbons (Fsp3) is 0.0625. The molecule has 1 aromatic heterocycles. The lowest BCUT2D eigenvalue weighted by Crippen LogP contribution is -2.34. The molecule has 0 saturated carbocycles. The number of nitrogens with one attached hydrogen (secondary N) is 1. The lowest BCUT2D eigenvalue weighted by molar-refractivity contribution is -0.114. The van der Waals surface area contributed by atoms with Crippen molar-refractivity contribution in [2.75, 3.05) is 11.2 Å². The topological polar surface area (TPSA) is 64.0 Å². The predicted octanol–water partition coefficient (Wildman–Crippen LogP) is 2.40. The second-order valence-electron chi connectivity index (χ2n) is 4.71. The van der Waals surface area contributed by atoms with E-state index in [0.717, 1.165) is 9.57 Å². The van der Waals surface area contributed by atoms with Gasteiger partial charge in [-0.2, -0.15) is 0 Å². The third-order valence-corrected chi connectivity index (χ3v) is 4.11. The molecule has 0 fully saturated rings. The van der Waals surface area contributed by atoms with Crippen LogP contribution >= 0.6 is 11.8 Å². The normalized spacial score (nSPS) is 10.7. The monoisotopic (exact) mass is 329 g/mol. The van der Waals surface area contributed by atoms with Gasteiger partial charge in [-0.1, -0.05) is 12.1 Å². The fourth-order valence-corrected chi connectivity index (χ4v) is 2.69. The largest absolute Gasteiger partial charge is 0.280 e. The summed E-state index contributed by atoms with van der Waals surface area (Å²) in [6.07, 6.45) is 1.28. The number of nitrogens with zero attached hydrogens (tertiary/aromatic N) is 2. The quantitative estimate of drug-likeness (QED) is 0.747. The molecule has 0 bridgehead atoms. The highest BCUT2D eigenvalue weighted by atomic mass is 32.2. The van der Waals surface area contributed by atoms with Gasteiger partial charge in [0.1, 0.15) is 12.1 Å². The molecule has 3 aromatic rings. The minimum Gasteiger partial charge on any atom is -0.272 e. The van der Waals surface area contributed by atoms with E-state index in [1.165, 1.54) is 30.2 Å². The molecule has 7 heteroatoms. The van der Waals surface area contributed by atoms with Crippen molar-refractivity contribution >= 4 is 28.6 Å². The van der Waals surface area contributed by atoms with E-state index in [4.69, 9.17) is 0 Å². The SMILES string of the molecule is O=C(CSc1ccc(F)cc1)Nn1cnc2ccccc2c1=O. The van der Waals surface area contributed by atoms with E-state index in [2.05, 4.69) is 10.4 Å². The van der Waals surface area contributed by atoms with Crippen LogP contribution in [0.4, 0.5) is 4.39 Å². The number of hydrogen-bond donors (Lipinski definition) is 1. The molecule has 0 aliphatic carbocycles. The Bertz CT molecular complexity index is 909. The van der Waals surface area contributed by atoms with Crippen molar-refractivity contribution in [3.05, 3.63) is 71.0 Å². The average molecular weight is 329 g/mol. The van der Waals surface area contributed by atoms with Gasteiger partial charge in [0.25, 0.3) is 5.56 Å². The van der Waals surface area contributed by atoms with Gasteiger partial charge in [0.05, 0.1) is 16.7 Å². The Kier molecular flexibility index (Phi) is 4.38. The summed E-state index contributed by atoms with van der Waals surface area (Å²) in [4.78, 5) is 29.1. The van der Waals surface area contributed by atoms with E-state index in [0.29, 0.717) is 10.9 Å². The van der Waals surface area contributed by atoms with Gasteiger partial charge in [-0.05, 0) is 36.4 Å². The number of aromatic nitrogens is 2. The molecule has 0 aliphatic rings. The molecule has 0 atom stereocenters. The van der Waals surface area contributed by atoms with E-state index in [9.17, 15) is 14.0 Å². The molecule has 1 N–H and O–H groups in total. The summed E-state index contributed by atoms with van der Waals surface area (Å²) >= 11 is 1.25. The summed E-state index contributed by atoms with van der Waals surface area (Å²) in [5.41, 5.74) is 2.73. The molecule has 0 aliphatic heterocycles. The third-order valence-electron chi connectivity index (χ3n) is 3.09. The predicted molar refractivity (Wildman–Crippen MR) is 87.5 cm³/mol. The summed E-state index contributed by atoms with van der Waals surface area (Å²) < 4.78 is 13.9. The Morgan fingerprint density at radius 2 is 1.91 bits per heavy atom. The van der Waals surface area contributed by atoms with E-state index in [-0.39, 0.29) is 23.0 Å². The van der Waals surface area contributed by atoms with E-state index in [1.807, 2.05) is 0 Å². The van der Waals surface area contributed by atoms with Crippen LogP contribution < -0.4 is 11.0 Å². The summed E-state index contributed by atoms with van der Waals surface area (Å²) in [5.74, 6) is -0.573. The molecule has 0 radical (unpaired) electrons. The zero-order valence-corrected chi connectivity index (χ0v) is 12.7. The lowest BCUT2D eigenvalue weighted by Gasteiger charge is -2.08. The molecule has 0 spiro atoms. The molecular formula is C16H12FN3O2S. The Hall–Kier alpha value is -2.67. The highest BCUT2D eigenvalue weighted by molar-refractivity contribution is 8.00. The van der Waals surface area contributed by atoms with Gasteiger partial charge in [0.15, 0.2) is 0 Å². The Morgan fingerprint density at radius 3 is 2.70 bits per heavy atom. The fourth-order valence-electron chi connectivity index (χ4n) is 2.00. The summed E-state index contributed by atoms with van der Waals surface area (Å²) in [5, 5.41) is 0.432. The maximum absolute atomic E-state index is 12.8. The standard InChI is InChI=1S/C16H12FN3O2S/c17-11-5-7-12(8-6-11)23-9-15(21)19-20-10-18-14-4-2-1-3-13(14)16(20)22/h1-8,10H,9H2,(H,19,21). The van der Waals surface area contributed by atoms with Crippen molar-refractivity contribution in [3.8, 4) is 0 Å². The maximum atomic E-state index is 12.8. The van der Waals surface area contributed by atoms with Crippen LogP contribution in [-0.2, 0) is 4.79 Å². The van der Waals surface area contributed by atoms with Crippen LogP contribution in [0, 0.1) is 5.82 Å². The number of benzene rings is 2. The molecule has 5 nitrogen and oxygen atoms in total. The van der Waals surface area contributed by atoms with Crippen molar-refractivity contribution in [3.63, 3.8) is 0 Å². The van der Waals surface area contributed by atoms with Crippen LogP contribution in [-0.4, -0.2) is 21.3 Å². The number of carbonyl (C=O) groups excluding carboxylic acids is 1. The first-order chi connectivity index (χ1) is 11.1. The van der Waals surface area contributed by atoms with Crippen LogP contribution in [0.2, 0.25) is 0 Å². The van der Waals surface area contributed by atoms with Crippen molar-refractivity contribution < 1.29 is 9.18 Å². The van der Waals surface area contributed by atoms with Crippen LogP contribution in [0.1, 0.15) is 0 Å². The first kappa shape index (κ1) is 15.2. The van der Waals surface area contributed by atoms with Crippen LogP contribution in [0.25, 0.3) is 10.9 Å². The Labute approximate surface area is 135 Å². The van der Waals surface area contributed by atoms with Crippen LogP contribution in [0.3, 0.4) is 0 Å². The molecule has 1 heterocycles. The minimum absolute atomic E-state index is 0.102. The number of halogens is 1. The number of fused-ring (bicyclic) bond motifs is 1. The summed E-state index contributed by atoms with van der Waals surface area (Å²) in [6, 6.07) is 12.8. The van der Waals surface area contributed by atoms with E-state index >= 15 is 0 Å². The highest BCUT2D eigenvalue weighted by Gasteiger charge is 2.07. The number of carbonyl (C=O) groups is 1. The lowest BCUT2D eigenvalue weighted by atomic mass is 10.2. The molecule has 0 unspecified atom stereocenters. The van der Waals surface area contributed by atoms with Crippen molar-refractivity contribution in [1.29, 1.82) is 0 Å². The number of amides is 1. The van der Waals surface area contributed by atoms with Gasteiger partial charge in [-0.15, -0.1) is 11.8 Å². The van der Waals surface area contributed by atoms with Gasteiger partial charge in [-0.25, -0.2) is 14.1 Å². The molecule has 3 rings (SSSR count). The average Bonchev–Trinajstić information content (AvgIpc) is 2.57. The molecule has 23 heavy (non-hydrogen) atoms. The van der Waals surface area contributed by atoms with Gasteiger partial charge in [0.2, 0.25) is 5.91 Å². The molecule has 1 amide bonds. The number of hydrogen-bond acceptors (Lipinski definition) is 4. The second-order valence-corrected chi connectivity index (χ2v) is 5.76. The molecule has 2 aromatic carbocycles. The number of para-hydroxylation sites is 1. The molecule has 116 valence electrons. The number of rotatable bonds is 4. The Morgan fingerprint density at radius 1 is 1.17 bits per heavy atom. The van der Waals surface area contributed by atoms with Crippen molar-refractivity contribution in [2.45, 2.75) is 4.90 Å². The van der Waals surface area contributed by atoms with E-state index in [1.54, 1.807) is 36.4 Å². The van der Waals surface area contributed by atoms with Gasteiger partial charge < -0.3 is 0 Å². The molecular weight excluding hydrogens is 317 g/mol. The van der Waals surface area contributed by atoms with E-state index < -0.39 is 0 Å². The van der Waals surface area contributed by atoms with Crippen molar-refractivity contribution in [2.24, 2.45) is 0 Å². The molecule has 0 saturated heterocycles. The highest BCUT2D eigenvalue weighted by Crippen LogP contribution is 2.17. The van der Waals surface area contributed by atoms with Crippen LogP contribution in [0.15, 0.2) is 64.5 Å². The summed E-state index contributed by atoms with van der Waals surface area (Å²) in [7, 11) is 0. The van der Waals surface area contributed by atoms with Gasteiger partial charge in [-0.3, -0.25) is 15.0 Å².